The third-order valence-corrected chi connectivity index (χ3v) is 12.2. The van der Waals surface area contributed by atoms with Crippen LogP contribution in [0.25, 0.3) is 0 Å². The van der Waals surface area contributed by atoms with E-state index in [2.05, 4.69) is 182 Å². The summed E-state index contributed by atoms with van der Waals surface area (Å²) in [4.78, 5) is 0. The topological polar surface area (TPSA) is 26.0 Å². The Morgan fingerprint density at radius 1 is 0.488 bits per heavy atom. The summed E-state index contributed by atoms with van der Waals surface area (Å²) < 4.78 is 1.17. The number of benzene rings is 4. The van der Waals surface area contributed by atoms with E-state index in [4.69, 9.17) is 5.73 Å². The molecule has 0 radical (unpaired) electrons. The van der Waals surface area contributed by atoms with Crippen molar-refractivity contribution >= 4 is 48.1 Å². The SMILES string of the molecule is CC(C)(C)c1ccc(Cc2ccc([Si](C)(C)C)cc2)cc1.CC(C)(C)c1ccc(N)cc1.C[Si](C)(C)c1ccc(Br)cc1. The summed E-state index contributed by atoms with van der Waals surface area (Å²) in [6, 6.07) is 35.0. The lowest BCUT2D eigenvalue weighted by Gasteiger charge is -2.19. The zero-order valence-corrected chi connectivity index (χ0v) is 32.5. The fourth-order valence-electron chi connectivity index (χ4n) is 4.41. The van der Waals surface area contributed by atoms with Gasteiger partial charge in [0, 0.05) is 10.2 Å². The predicted octanol–water partition coefficient (Wildman–Crippen LogP) is 10.7. The standard InChI is InChI=1S/C20H28Si.C10H15N.C9H13BrSi/c1-20(2,3)18-11-7-16(8-12-18)15-17-9-13-19(14-10-17)21(4,5)6;1-10(2,3)8-4-6-9(11)7-5-8;1-11(2,3)9-6-4-8(10)5-7-9/h7-14H,15H2,1-6H3;4-7H,11H2,1-3H3;4-7H,1-3H3. The first kappa shape index (κ1) is 36.8. The molecule has 1 nitrogen and oxygen atoms in total. The lowest BCUT2D eigenvalue weighted by molar-refractivity contribution is 0.590. The zero-order valence-electron chi connectivity index (χ0n) is 28.9. The molecule has 4 heteroatoms. The van der Waals surface area contributed by atoms with Crippen molar-refractivity contribution in [3.05, 3.63) is 124 Å². The van der Waals surface area contributed by atoms with Crippen molar-refractivity contribution in [2.75, 3.05) is 5.73 Å². The minimum Gasteiger partial charge on any atom is -0.399 e. The molecule has 4 rings (SSSR count). The summed E-state index contributed by atoms with van der Waals surface area (Å²) >= 11 is 3.43. The van der Waals surface area contributed by atoms with Crippen LogP contribution >= 0.6 is 15.9 Å². The van der Waals surface area contributed by atoms with E-state index in [1.165, 1.54) is 37.1 Å². The van der Waals surface area contributed by atoms with Gasteiger partial charge in [-0.3, -0.25) is 0 Å². The number of halogens is 1. The summed E-state index contributed by atoms with van der Waals surface area (Å²) in [5, 5.41) is 3.05. The number of nitrogen functional groups attached to an aromatic ring is 1. The third kappa shape index (κ3) is 13.0. The molecule has 0 bridgehead atoms. The van der Waals surface area contributed by atoms with Gasteiger partial charge in [0.1, 0.15) is 0 Å². The first-order valence-corrected chi connectivity index (χ1v) is 23.3. The molecule has 2 N–H and O–H groups in total. The van der Waals surface area contributed by atoms with Crippen LogP contribution in [0.5, 0.6) is 0 Å². The third-order valence-electron chi connectivity index (χ3n) is 7.54. The van der Waals surface area contributed by atoms with Crippen molar-refractivity contribution in [3.63, 3.8) is 0 Å². The van der Waals surface area contributed by atoms with Crippen LogP contribution in [0.4, 0.5) is 5.69 Å². The van der Waals surface area contributed by atoms with Gasteiger partial charge < -0.3 is 5.73 Å². The molecule has 0 saturated carbocycles. The average Bonchev–Trinajstić information content (AvgIpc) is 2.88. The molecule has 4 aromatic rings. The van der Waals surface area contributed by atoms with E-state index in [1.807, 2.05) is 12.1 Å². The second-order valence-electron chi connectivity index (χ2n) is 15.7. The monoisotopic (exact) mass is 673 g/mol. The van der Waals surface area contributed by atoms with Gasteiger partial charge in [0.25, 0.3) is 0 Å². The van der Waals surface area contributed by atoms with Crippen LogP contribution in [0.1, 0.15) is 63.8 Å². The van der Waals surface area contributed by atoms with Gasteiger partial charge in [-0.1, -0.05) is 180 Å². The molecule has 0 aliphatic rings. The highest BCUT2D eigenvalue weighted by Gasteiger charge is 2.17. The zero-order chi connectivity index (χ0) is 32.6. The highest BCUT2D eigenvalue weighted by molar-refractivity contribution is 9.10. The van der Waals surface area contributed by atoms with E-state index < -0.39 is 16.1 Å². The number of hydrogen-bond acceptors (Lipinski definition) is 1. The normalized spacial score (nSPS) is 12.0. The highest BCUT2D eigenvalue weighted by atomic mass is 79.9. The van der Waals surface area contributed by atoms with E-state index >= 15 is 0 Å². The maximum atomic E-state index is 5.57. The van der Waals surface area contributed by atoms with Crippen molar-refractivity contribution < 1.29 is 0 Å². The number of hydrogen-bond donors (Lipinski definition) is 1. The van der Waals surface area contributed by atoms with Gasteiger partial charge in [0.2, 0.25) is 0 Å². The maximum Gasteiger partial charge on any atom is 0.0775 e. The first-order chi connectivity index (χ1) is 19.7. The Labute approximate surface area is 274 Å². The minimum atomic E-state index is -1.18. The Balaban J connectivity index is 0.000000247. The molecular formula is C39H56BrNSi2. The summed E-state index contributed by atoms with van der Waals surface area (Å²) in [6.45, 7) is 27.6. The van der Waals surface area contributed by atoms with Gasteiger partial charge >= 0.3 is 0 Å². The van der Waals surface area contributed by atoms with Crippen LogP contribution in [-0.2, 0) is 17.3 Å². The Hall–Kier alpha value is -2.41. The molecule has 0 fully saturated rings. The molecular weight excluding hydrogens is 619 g/mol. The quantitative estimate of drug-likeness (QED) is 0.169. The largest absolute Gasteiger partial charge is 0.399 e. The average molecular weight is 675 g/mol. The fourth-order valence-corrected chi connectivity index (χ4v) is 7.01. The van der Waals surface area contributed by atoms with Crippen molar-refractivity contribution in [1.29, 1.82) is 0 Å². The second kappa shape index (κ2) is 15.1. The fraction of sp³-hybridized carbons (Fsp3) is 0.385. The maximum absolute atomic E-state index is 5.57. The van der Waals surface area contributed by atoms with E-state index in [1.54, 1.807) is 0 Å². The molecule has 43 heavy (non-hydrogen) atoms. The van der Waals surface area contributed by atoms with Gasteiger partial charge in [0.05, 0.1) is 16.1 Å². The van der Waals surface area contributed by atoms with Crippen LogP contribution in [0, 0.1) is 0 Å². The van der Waals surface area contributed by atoms with Crippen LogP contribution < -0.4 is 16.1 Å². The van der Waals surface area contributed by atoms with Gasteiger partial charge in [-0.25, -0.2) is 0 Å². The van der Waals surface area contributed by atoms with Crippen molar-refractivity contribution in [1.82, 2.24) is 0 Å². The predicted molar refractivity (Wildman–Crippen MR) is 204 cm³/mol. The van der Waals surface area contributed by atoms with Crippen LogP contribution in [0.15, 0.2) is 102 Å². The van der Waals surface area contributed by atoms with E-state index in [9.17, 15) is 0 Å². The Morgan fingerprint density at radius 3 is 1.12 bits per heavy atom. The first-order valence-electron chi connectivity index (χ1n) is 15.5. The molecule has 0 aliphatic heterocycles. The van der Waals surface area contributed by atoms with Crippen molar-refractivity contribution in [2.24, 2.45) is 0 Å². The molecule has 0 aliphatic carbocycles. The van der Waals surface area contributed by atoms with Gasteiger partial charge in [-0.2, -0.15) is 0 Å². The smallest absolute Gasteiger partial charge is 0.0775 e. The van der Waals surface area contributed by atoms with Crippen LogP contribution in [0.3, 0.4) is 0 Å². The highest BCUT2D eigenvalue weighted by Crippen LogP contribution is 2.23. The molecule has 0 heterocycles. The summed E-state index contributed by atoms with van der Waals surface area (Å²) in [5.41, 5.74) is 12.4. The van der Waals surface area contributed by atoms with Gasteiger partial charge in [-0.15, -0.1) is 0 Å². The Bertz CT molecular complexity index is 1270. The minimum absolute atomic E-state index is 0.230. The number of anilines is 1. The molecule has 0 saturated heterocycles. The molecule has 0 amide bonds. The Morgan fingerprint density at radius 2 is 0.791 bits per heavy atom. The van der Waals surface area contributed by atoms with Crippen molar-refractivity contribution in [3.8, 4) is 0 Å². The molecule has 0 aromatic heterocycles. The lowest BCUT2D eigenvalue weighted by atomic mass is 9.86. The Kier molecular flexibility index (Phi) is 12.9. The molecule has 232 valence electrons. The molecule has 0 spiro atoms. The van der Waals surface area contributed by atoms with E-state index in [0.717, 1.165) is 12.1 Å². The summed E-state index contributed by atoms with van der Waals surface area (Å²) in [5.74, 6) is 0. The van der Waals surface area contributed by atoms with Gasteiger partial charge in [0.15, 0.2) is 0 Å². The second-order valence-corrected chi connectivity index (χ2v) is 26.8. The molecule has 0 unspecified atom stereocenters. The lowest BCUT2D eigenvalue weighted by Crippen LogP contribution is -2.37. The molecule has 4 aromatic carbocycles. The van der Waals surface area contributed by atoms with Gasteiger partial charge in [-0.05, 0) is 63.8 Å². The summed E-state index contributed by atoms with van der Waals surface area (Å²) in [7, 11) is -2.25. The van der Waals surface area contributed by atoms with Crippen molar-refractivity contribution in [2.45, 2.75) is 98.1 Å². The number of rotatable bonds is 4. The van der Waals surface area contributed by atoms with Crippen LogP contribution in [-0.4, -0.2) is 16.1 Å². The van der Waals surface area contributed by atoms with E-state index in [-0.39, 0.29) is 10.8 Å². The number of nitrogens with two attached hydrogens (primary N) is 1. The van der Waals surface area contributed by atoms with E-state index in [0.29, 0.717) is 0 Å². The summed E-state index contributed by atoms with van der Waals surface area (Å²) in [6.07, 6.45) is 1.02. The molecule has 0 atom stereocenters. The van der Waals surface area contributed by atoms with Crippen LogP contribution in [0.2, 0.25) is 39.3 Å².